The number of phenolic OH excluding ortho intramolecular Hbond substituents is 2. The van der Waals surface area contributed by atoms with Crippen molar-refractivity contribution < 1.29 is 30.0 Å². The predicted octanol–water partition coefficient (Wildman–Crippen LogP) is 7.31. The van der Waals surface area contributed by atoms with E-state index in [4.69, 9.17) is 5.11 Å². The Kier molecular flexibility index (Phi) is 8.96. The quantitative estimate of drug-likeness (QED) is 0.129. The molecule has 9 nitrogen and oxygen atoms in total. The molecule has 1 heterocycles. The van der Waals surface area contributed by atoms with Crippen molar-refractivity contribution in [1.82, 2.24) is 0 Å². The van der Waals surface area contributed by atoms with Crippen LogP contribution in [-0.2, 0) is 0 Å². The summed E-state index contributed by atoms with van der Waals surface area (Å²) in [4.78, 5) is 35.8. The van der Waals surface area contributed by atoms with E-state index in [0.29, 0.717) is 27.5 Å². The highest BCUT2D eigenvalue weighted by atomic mass is 32.1. The summed E-state index contributed by atoms with van der Waals surface area (Å²) in [7, 11) is 0. The van der Waals surface area contributed by atoms with Gasteiger partial charge in [0, 0.05) is 33.8 Å². The summed E-state index contributed by atoms with van der Waals surface area (Å²) in [5, 5.41) is 43.4. The van der Waals surface area contributed by atoms with E-state index in [0.717, 1.165) is 23.5 Å². The molecular formula is C28H24N2O7S. The van der Waals surface area contributed by atoms with Crippen molar-refractivity contribution in [2.45, 2.75) is 13.8 Å². The molecule has 0 aliphatic rings. The number of nitroso groups, excluding NO2 is 1. The van der Waals surface area contributed by atoms with E-state index in [9.17, 15) is 29.8 Å². The minimum Gasteiger partial charge on any atom is -0.513 e. The summed E-state index contributed by atoms with van der Waals surface area (Å²) < 4.78 is 0. The molecule has 0 unspecified atom stereocenters. The molecular weight excluding hydrogens is 508 g/mol. The van der Waals surface area contributed by atoms with Crippen LogP contribution in [-0.4, -0.2) is 32.3 Å². The SMILES string of the molecule is C/C=C(\C)O.O=Nc1cc(O)c(-c2cccc(C(=O)Nc3ccccc3-c3ccc(C(=O)O)s3)c2)c(O)c1. The van der Waals surface area contributed by atoms with Gasteiger partial charge in [0.05, 0.1) is 11.3 Å². The van der Waals surface area contributed by atoms with E-state index in [2.05, 4.69) is 10.5 Å². The lowest BCUT2D eigenvalue weighted by molar-refractivity contribution is 0.0702. The zero-order valence-electron chi connectivity index (χ0n) is 20.4. The number of carboxylic acid groups (broad SMARTS) is 1. The first-order valence-corrected chi connectivity index (χ1v) is 12.0. The van der Waals surface area contributed by atoms with Gasteiger partial charge < -0.3 is 25.7 Å². The number of thiophene rings is 1. The van der Waals surface area contributed by atoms with Crippen LogP contribution in [0.4, 0.5) is 11.4 Å². The van der Waals surface area contributed by atoms with Crippen LogP contribution < -0.4 is 5.32 Å². The molecule has 5 N–H and O–H groups in total. The molecule has 0 radical (unpaired) electrons. The van der Waals surface area contributed by atoms with Crippen molar-refractivity contribution in [1.29, 1.82) is 0 Å². The van der Waals surface area contributed by atoms with Crippen LogP contribution in [0, 0.1) is 4.91 Å². The third kappa shape index (κ3) is 6.62. The largest absolute Gasteiger partial charge is 0.513 e. The van der Waals surface area contributed by atoms with Crippen LogP contribution in [0.1, 0.15) is 33.9 Å². The van der Waals surface area contributed by atoms with Crippen LogP contribution in [0.25, 0.3) is 21.6 Å². The molecule has 4 rings (SSSR count). The molecule has 1 amide bonds. The van der Waals surface area contributed by atoms with Crippen molar-refractivity contribution in [2.24, 2.45) is 5.18 Å². The Morgan fingerprint density at radius 2 is 1.58 bits per heavy atom. The highest BCUT2D eigenvalue weighted by Crippen LogP contribution is 2.41. The molecule has 0 saturated heterocycles. The average molecular weight is 533 g/mol. The number of rotatable bonds is 6. The third-order valence-corrected chi connectivity index (χ3v) is 6.38. The number of aromatic hydroxyl groups is 2. The number of benzene rings is 3. The fourth-order valence-corrected chi connectivity index (χ4v) is 4.25. The smallest absolute Gasteiger partial charge is 0.345 e. The minimum atomic E-state index is -1.02. The second-order valence-corrected chi connectivity index (χ2v) is 9.01. The van der Waals surface area contributed by atoms with Crippen molar-refractivity contribution in [2.75, 3.05) is 5.32 Å². The molecule has 10 heteroatoms. The fraction of sp³-hybridized carbons (Fsp3) is 0.0714. The van der Waals surface area contributed by atoms with Gasteiger partial charge in [-0.3, -0.25) is 4.79 Å². The van der Waals surface area contributed by atoms with E-state index in [1.54, 1.807) is 68.5 Å². The van der Waals surface area contributed by atoms with E-state index >= 15 is 0 Å². The molecule has 3 aromatic carbocycles. The number of aliphatic hydroxyl groups is 1. The number of para-hydroxylation sites is 1. The number of nitrogens with one attached hydrogen (secondary N) is 1. The molecule has 0 bridgehead atoms. The second-order valence-electron chi connectivity index (χ2n) is 7.93. The van der Waals surface area contributed by atoms with Crippen molar-refractivity contribution in [3.8, 4) is 33.1 Å². The monoisotopic (exact) mass is 532 g/mol. The van der Waals surface area contributed by atoms with Gasteiger partial charge in [-0.15, -0.1) is 16.2 Å². The molecule has 0 spiro atoms. The summed E-state index contributed by atoms with van der Waals surface area (Å²) >= 11 is 1.10. The maximum Gasteiger partial charge on any atom is 0.345 e. The van der Waals surface area contributed by atoms with Gasteiger partial charge in [0.25, 0.3) is 5.91 Å². The van der Waals surface area contributed by atoms with Gasteiger partial charge in [0.2, 0.25) is 0 Å². The summed E-state index contributed by atoms with van der Waals surface area (Å²) in [6, 6.07) is 18.7. The molecule has 0 atom stereocenters. The number of carbonyl (C=O) groups is 2. The summed E-state index contributed by atoms with van der Waals surface area (Å²) in [6.07, 6.45) is 1.64. The van der Waals surface area contributed by atoms with Crippen LogP contribution >= 0.6 is 11.3 Å². The van der Waals surface area contributed by atoms with Gasteiger partial charge in [0.15, 0.2) is 0 Å². The zero-order chi connectivity index (χ0) is 27.8. The van der Waals surface area contributed by atoms with Crippen molar-refractivity contribution in [3.63, 3.8) is 0 Å². The number of aromatic carboxylic acids is 1. The topological polar surface area (TPSA) is 157 Å². The van der Waals surface area contributed by atoms with Crippen LogP contribution in [0.15, 0.2) is 89.8 Å². The Balaban J connectivity index is 0.000000732. The van der Waals surface area contributed by atoms with Crippen LogP contribution in [0.2, 0.25) is 0 Å². The number of hydrogen-bond donors (Lipinski definition) is 5. The Morgan fingerprint density at radius 1 is 0.921 bits per heavy atom. The van der Waals surface area contributed by atoms with Gasteiger partial charge in [-0.2, -0.15) is 0 Å². The standard InChI is InChI=1S/C24H16N2O6S.C4H8O/c27-18-11-15(26-32)12-19(28)22(18)13-4-3-5-14(10-13)23(29)25-17-7-2-1-6-16(17)20-8-9-21(33-20)24(30)31;1-3-4(2)5/h1-12,27-28H,(H,25,29)(H,30,31);3,5H,1-2H3/b;4-3+. The van der Waals surface area contributed by atoms with Gasteiger partial charge in [-0.05, 0) is 54.9 Å². The predicted molar refractivity (Wildman–Crippen MR) is 147 cm³/mol. The third-order valence-electron chi connectivity index (χ3n) is 5.28. The molecule has 0 aliphatic carbocycles. The van der Waals surface area contributed by atoms with E-state index in [1.165, 1.54) is 12.1 Å². The zero-order valence-corrected chi connectivity index (χ0v) is 21.2. The first-order chi connectivity index (χ1) is 18.1. The van der Waals surface area contributed by atoms with E-state index in [1.807, 2.05) is 0 Å². The Morgan fingerprint density at radius 3 is 2.16 bits per heavy atom. The lowest BCUT2D eigenvalue weighted by Crippen LogP contribution is -2.12. The lowest BCUT2D eigenvalue weighted by atomic mass is 10.00. The van der Waals surface area contributed by atoms with E-state index < -0.39 is 11.9 Å². The number of carbonyl (C=O) groups excluding carboxylic acids is 1. The molecule has 0 fully saturated rings. The maximum absolute atomic E-state index is 13.0. The Hall–Kier alpha value is -4.96. The number of allylic oxidation sites excluding steroid dienone is 2. The average Bonchev–Trinajstić information content (AvgIpc) is 3.40. The normalized spacial score (nSPS) is 10.7. The van der Waals surface area contributed by atoms with Crippen molar-refractivity contribution >= 4 is 34.6 Å². The van der Waals surface area contributed by atoms with Crippen LogP contribution in [0.5, 0.6) is 11.5 Å². The van der Waals surface area contributed by atoms with Gasteiger partial charge in [-0.1, -0.05) is 36.4 Å². The highest BCUT2D eigenvalue weighted by Gasteiger charge is 2.17. The number of phenols is 2. The number of carboxylic acids is 1. The molecule has 1 aromatic heterocycles. The maximum atomic E-state index is 13.0. The second kappa shape index (κ2) is 12.3. The molecule has 0 saturated carbocycles. The van der Waals surface area contributed by atoms with Gasteiger partial charge in [-0.25, -0.2) is 4.79 Å². The van der Waals surface area contributed by atoms with Crippen molar-refractivity contribution in [3.05, 3.63) is 100.0 Å². The first-order valence-electron chi connectivity index (χ1n) is 11.2. The van der Waals surface area contributed by atoms with Gasteiger partial charge in [0.1, 0.15) is 22.1 Å². The van der Waals surface area contributed by atoms with Gasteiger partial charge >= 0.3 is 5.97 Å². The summed E-state index contributed by atoms with van der Waals surface area (Å²) in [6.45, 7) is 3.43. The van der Waals surface area contributed by atoms with Crippen LogP contribution in [0.3, 0.4) is 0 Å². The number of nitrogens with zero attached hydrogens (tertiary/aromatic N) is 1. The number of anilines is 1. The first kappa shape index (κ1) is 27.6. The Labute approximate surface area is 221 Å². The number of aliphatic hydroxyl groups excluding tert-OH is 1. The van der Waals surface area contributed by atoms with E-state index in [-0.39, 0.29) is 33.2 Å². The molecule has 194 valence electrons. The Bertz CT molecular complexity index is 1500. The summed E-state index contributed by atoms with van der Waals surface area (Å²) in [5.41, 5.74) is 1.74. The molecule has 38 heavy (non-hydrogen) atoms. The molecule has 0 aliphatic heterocycles. The highest BCUT2D eigenvalue weighted by molar-refractivity contribution is 7.17. The minimum absolute atomic E-state index is 0.0669. The number of amides is 1. The summed E-state index contributed by atoms with van der Waals surface area (Å²) in [5.74, 6) is -1.78. The fourth-order valence-electron chi connectivity index (χ4n) is 3.36. The molecule has 4 aromatic rings. The number of hydrogen-bond acceptors (Lipinski definition) is 8. The lowest BCUT2D eigenvalue weighted by Gasteiger charge is -2.12.